The number of hydrogen-bond donors (Lipinski definition) is 0. The summed E-state index contributed by atoms with van der Waals surface area (Å²) in [5.74, 6) is 1.90. The van der Waals surface area contributed by atoms with Crippen LogP contribution in [0, 0.1) is 0 Å². The lowest BCUT2D eigenvalue weighted by Gasteiger charge is -2.35. The maximum absolute atomic E-state index is 12.9. The van der Waals surface area contributed by atoms with Gasteiger partial charge in [0.05, 0.1) is 13.2 Å². The van der Waals surface area contributed by atoms with Gasteiger partial charge < -0.3 is 19.4 Å². The summed E-state index contributed by atoms with van der Waals surface area (Å²) in [6, 6.07) is 9.62. The van der Waals surface area contributed by atoms with E-state index in [1.54, 1.807) is 18.5 Å². The Morgan fingerprint density at radius 2 is 1.58 bits per heavy atom. The molecular weight excluding hydrogens is 330 g/mol. The Labute approximate surface area is 153 Å². The Balaban J connectivity index is 1.40. The highest BCUT2D eigenvalue weighted by atomic mass is 16.5. The maximum atomic E-state index is 12.9. The number of morpholine rings is 1. The molecule has 4 heterocycles. The minimum atomic E-state index is 0.0718. The lowest BCUT2D eigenvalue weighted by molar-refractivity contribution is 0.0746. The maximum Gasteiger partial charge on any atom is 0.254 e. The minimum Gasteiger partial charge on any atom is -0.378 e. The van der Waals surface area contributed by atoms with Crippen LogP contribution in [0.25, 0.3) is 0 Å². The summed E-state index contributed by atoms with van der Waals surface area (Å²) in [4.78, 5) is 28.0. The number of nitrogens with zero attached hydrogens (tertiary/aromatic N) is 5. The van der Waals surface area contributed by atoms with Crippen molar-refractivity contribution < 1.29 is 9.53 Å². The van der Waals surface area contributed by atoms with Crippen LogP contribution in [0.2, 0.25) is 0 Å². The number of anilines is 2. The van der Waals surface area contributed by atoms with Gasteiger partial charge in [-0.2, -0.15) is 0 Å². The van der Waals surface area contributed by atoms with Crippen molar-refractivity contribution >= 4 is 17.5 Å². The number of hydrogen-bond acceptors (Lipinski definition) is 6. The van der Waals surface area contributed by atoms with Crippen LogP contribution >= 0.6 is 0 Å². The zero-order chi connectivity index (χ0) is 17.8. The summed E-state index contributed by atoms with van der Waals surface area (Å²) >= 11 is 0. The van der Waals surface area contributed by atoms with E-state index in [9.17, 15) is 4.79 Å². The number of pyridine rings is 2. The molecule has 7 heteroatoms. The summed E-state index contributed by atoms with van der Waals surface area (Å²) in [7, 11) is 0. The predicted octanol–water partition coefficient (Wildman–Crippen LogP) is 1.28. The molecule has 0 saturated carbocycles. The third kappa shape index (κ3) is 3.62. The molecule has 2 aliphatic rings. The molecule has 2 saturated heterocycles. The standard InChI is InChI=1S/C19H23N5O2/c25-19(16-4-6-21-18(15-16)23-11-13-26-14-12-23)24-9-7-22(8-10-24)17-3-1-2-5-20-17/h1-6,15H,7-14H2. The lowest BCUT2D eigenvalue weighted by atomic mass is 10.2. The number of piperazine rings is 1. The molecule has 136 valence electrons. The van der Waals surface area contributed by atoms with E-state index in [1.807, 2.05) is 29.2 Å². The van der Waals surface area contributed by atoms with Gasteiger partial charge in [-0.25, -0.2) is 9.97 Å². The van der Waals surface area contributed by atoms with Crippen molar-refractivity contribution in [2.45, 2.75) is 0 Å². The molecule has 4 rings (SSSR count). The van der Waals surface area contributed by atoms with Crippen LogP contribution in [-0.4, -0.2) is 73.3 Å². The smallest absolute Gasteiger partial charge is 0.254 e. The van der Waals surface area contributed by atoms with Crippen LogP contribution in [0.4, 0.5) is 11.6 Å². The van der Waals surface area contributed by atoms with Gasteiger partial charge in [-0.15, -0.1) is 0 Å². The van der Waals surface area contributed by atoms with Crippen molar-refractivity contribution in [3.8, 4) is 0 Å². The van der Waals surface area contributed by atoms with Gasteiger partial charge >= 0.3 is 0 Å². The first-order chi connectivity index (χ1) is 12.8. The zero-order valence-corrected chi connectivity index (χ0v) is 14.8. The van der Waals surface area contributed by atoms with E-state index in [2.05, 4.69) is 19.8 Å². The van der Waals surface area contributed by atoms with Crippen molar-refractivity contribution in [1.82, 2.24) is 14.9 Å². The number of amides is 1. The number of aromatic nitrogens is 2. The fourth-order valence-electron chi connectivity index (χ4n) is 3.38. The molecule has 0 bridgehead atoms. The Hall–Kier alpha value is -2.67. The predicted molar refractivity (Wildman–Crippen MR) is 99.6 cm³/mol. The van der Waals surface area contributed by atoms with Crippen molar-refractivity contribution in [2.24, 2.45) is 0 Å². The highest BCUT2D eigenvalue weighted by molar-refractivity contribution is 5.95. The zero-order valence-electron chi connectivity index (χ0n) is 14.8. The Kier molecular flexibility index (Phi) is 4.97. The Bertz CT molecular complexity index is 741. The molecule has 0 spiro atoms. The van der Waals surface area contributed by atoms with Crippen LogP contribution in [-0.2, 0) is 4.74 Å². The van der Waals surface area contributed by atoms with Crippen LogP contribution in [0.1, 0.15) is 10.4 Å². The molecular formula is C19H23N5O2. The van der Waals surface area contributed by atoms with E-state index in [1.165, 1.54) is 0 Å². The molecule has 0 aliphatic carbocycles. The lowest BCUT2D eigenvalue weighted by Crippen LogP contribution is -2.49. The fourth-order valence-corrected chi connectivity index (χ4v) is 3.38. The third-order valence-electron chi connectivity index (χ3n) is 4.87. The number of rotatable bonds is 3. The topological polar surface area (TPSA) is 61.8 Å². The summed E-state index contributed by atoms with van der Waals surface area (Å²) < 4.78 is 5.39. The Morgan fingerprint density at radius 3 is 2.31 bits per heavy atom. The molecule has 26 heavy (non-hydrogen) atoms. The summed E-state index contributed by atoms with van der Waals surface area (Å²) in [6.45, 7) is 6.02. The molecule has 0 atom stereocenters. The van der Waals surface area contributed by atoms with Crippen molar-refractivity contribution in [3.05, 3.63) is 48.3 Å². The molecule has 0 N–H and O–H groups in total. The molecule has 2 fully saturated rings. The summed E-state index contributed by atoms with van der Waals surface area (Å²) in [6.07, 6.45) is 3.53. The quantitative estimate of drug-likeness (QED) is 0.828. The highest BCUT2D eigenvalue weighted by Crippen LogP contribution is 2.18. The van der Waals surface area contributed by atoms with Gasteiger partial charge in [0.1, 0.15) is 11.6 Å². The molecule has 7 nitrogen and oxygen atoms in total. The van der Waals surface area contributed by atoms with Crippen LogP contribution < -0.4 is 9.80 Å². The van der Waals surface area contributed by atoms with Crippen molar-refractivity contribution in [1.29, 1.82) is 0 Å². The van der Waals surface area contributed by atoms with E-state index < -0.39 is 0 Å². The van der Waals surface area contributed by atoms with Gasteiger partial charge in [-0.1, -0.05) is 6.07 Å². The largest absolute Gasteiger partial charge is 0.378 e. The number of carbonyl (C=O) groups is 1. The number of ether oxygens (including phenoxy) is 1. The molecule has 0 unspecified atom stereocenters. The van der Waals surface area contributed by atoms with Gasteiger partial charge in [-0.05, 0) is 24.3 Å². The highest BCUT2D eigenvalue weighted by Gasteiger charge is 2.23. The van der Waals surface area contributed by atoms with Crippen LogP contribution in [0.3, 0.4) is 0 Å². The van der Waals surface area contributed by atoms with E-state index in [0.717, 1.165) is 37.8 Å². The second kappa shape index (κ2) is 7.70. The van der Waals surface area contributed by atoms with E-state index in [0.29, 0.717) is 31.9 Å². The fraction of sp³-hybridized carbons (Fsp3) is 0.421. The van der Waals surface area contributed by atoms with Crippen LogP contribution in [0.5, 0.6) is 0 Å². The van der Waals surface area contributed by atoms with E-state index in [4.69, 9.17) is 4.74 Å². The molecule has 2 aliphatic heterocycles. The van der Waals surface area contributed by atoms with Crippen molar-refractivity contribution in [2.75, 3.05) is 62.3 Å². The average Bonchev–Trinajstić information content (AvgIpc) is 2.75. The molecule has 0 radical (unpaired) electrons. The third-order valence-corrected chi connectivity index (χ3v) is 4.87. The molecule has 0 aromatic carbocycles. The first kappa shape index (κ1) is 16.8. The normalized spacial score (nSPS) is 18.1. The van der Waals surface area contributed by atoms with E-state index in [-0.39, 0.29) is 5.91 Å². The van der Waals surface area contributed by atoms with Gasteiger partial charge in [0.25, 0.3) is 5.91 Å². The van der Waals surface area contributed by atoms with Gasteiger partial charge in [-0.3, -0.25) is 4.79 Å². The van der Waals surface area contributed by atoms with Gasteiger partial charge in [0.15, 0.2) is 0 Å². The SMILES string of the molecule is O=C(c1ccnc(N2CCOCC2)c1)N1CCN(c2ccccn2)CC1. The van der Waals surface area contributed by atoms with Crippen LogP contribution in [0.15, 0.2) is 42.7 Å². The minimum absolute atomic E-state index is 0.0718. The second-order valence-corrected chi connectivity index (χ2v) is 6.47. The summed E-state index contributed by atoms with van der Waals surface area (Å²) in [5.41, 5.74) is 0.702. The molecule has 2 aromatic rings. The first-order valence-corrected chi connectivity index (χ1v) is 9.05. The first-order valence-electron chi connectivity index (χ1n) is 9.05. The summed E-state index contributed by atoms with van der Waals surface area (Å²) in [5, 5.41) is 0. The molecule has 2 aromatic heterocycles. The number of carbonyl (C=O) groups excluding carboxylic acids is 1. The molecule has 1 amide bonds. The average molecular weight is 353 g/mol. The Morgan fingerprint density at radius 1 is 0.846 bits per heavy atom. The van der Waals surface area contributed by atoms with E-state index >= 15 is 0 Å². The van der Waals surface area contributed by atoms with Gasteiger partial charge in [0.2, 0.25) is 0 Å². The monoisotopic (exact) mass is 353 g/mol. The second-order valence-electron chi connectivity index (χ2n) is 6.47. The van der Waals surface area contributed by atoms with Gasteiger partial charge in [0, 0.05) is 57.2 Å². The van der Waals surface area contributed by atoms with Crippen molar-refractivity contribution in [3.63, 3.8) is 0 Å².